The highest BCUT2D eigenvalue weighted by Crippen LogP contribution is 2.22. The quantitative estimate of drug-likeness (QED) is 0.680. The van der Waals surface area contributed by atoms with Gasteiger partial charge in [-0.3, -0.25) is 9.59 Å². The Labute approximate surface area is 159 Å². The number of amides is 2. The first-order chi connectivity index (χ1) is 12.9. The van der Waals surface area contributed by atoms with Crippen LogP contribution >= 0.6 is 0 Å². The summed E-state index contributed by atoms with van der Waals surface area (Å²) in [5.74, 6) is -0.404. The fourth-order valence-corrected chi connectivity index (χ4v) is 3.06. The summed E-state index contributed by atoms with van der Waals surface area (Å²) >= 11 is 0. The molecule has 4 heteroatoms. The van der Waals surface area contributed by atoms with Crippen LogP contribution in [0.1, 0.15) is 37.4 Å². The maximum absolute atomic E-state index is 12.6. The minimum Gasteiger partial charge on any atom is -0.322 e. The Bertz CT molecular complexity index is 954. The van der Waals surface area contributed by atoms with Crippen LogP contribution in [0, 0.1) is 20.8 Å². The lowest BCUT2D eigenvalue weighted by Gasteiger charge is -2.13. The predicted molar refractivity (Wildman–Crippen MR) is 109 cm³/mol. The van der Waals surface area contributed by atoms with Gasteiger partial charge in [-0.25, -0.2) is 0 Å². The van der Waals surface area contributed by atoms with Crippen molar-refractivity contribution in [2.24, 2.45) is 0 Å². The molecule has 27 heavy (non-hydrogen) atoms. The van der Waals surface area contributed by atoms with Crippen LogP contribution in [-0.4, -0.2) is 11.8 Å². The van der Waals surface area contributed by atoms with Crippen molar-refractivity contribution in [1.29, 1.82) is 0 Å². The SMILES string of the molecule is Cc1cc(C)c(NC(=O)c2ccc(C(=O)Nc3ccccc3)cc2)c(C)c1. The summed E-state index contributed by atoms with van der Waals surface area (Å²) in [6.07, 6.45) is 0. The van der Waals surface area contributed by atoms with E-state index in [1.165, 1.54) is 0 Å². The number of hydrogen-bond acceptors (Lipinski definition) is 2. The molecule has 4 nitrogen and oxygen atoms in total. The van der Waals surface area contributed by atoms with Crippen molar-refractivity contribution < 1.29 is 9.59 Å². The minimum absolute atomic E-state index is 0.194. The van der Waals surface area contributed by atoms with Crippen LogP contribution in [0.4, 0.5) is 11.4 Å². The molecule has 0 aliphatic rings. The van der Waals surface area contributed by atoms with Crippen LogP contribution < -0.4 is 10.6 Å². The maximum atomic E-state index is 12.6. The number of benzene rings is 3. The van der Waals surface area contributed by atoms with Crippen molar-refractivity contribution in [2.75, 3.05) is 10.6 Å². The zero-order valence-corrected chi connectivity index (χ0v) is 15.7. The summed E-state index contributed by atoms with van der Waals surface area (Å²) in [7, 11) is 0. The average Bonchev–Trinajstić information content (AvgIpc) is 2.65. The second-order valence-corrected chi connectivity index (χ2v) is 6.63. The Morgan fingerprint density at radius 2 is 1.15 bits per heavy atom. The Kier molecular flexibility index (Phi) is 5.36. The molecule has 0 aliphatic heterocycles. The number of para-hydroxylation sites is 1. The van der Waals surface area contributed by atoms with E-state index in [1.807, 2.05) is 63.2 Å². The third-order valence-corrected chi connectivity index (χ3v) is 4.36. The van der Waals surface area contributed by atoms with E-state index < -0.39 is 0 Å². The van der Waals surface area contributed by atoms with Crippen LogP contribution in [0.3, 0.4) is 0 Å². The standard InChI is InChI=1S/C23H22N2O2/c1-15-13-16(2)21(17(3)14-15)25-23(27)19-11-9-18(10-12-19)22(26)24-20-7-5-4-6-8-20/h4-14H,1-3H3,(H,24,26)(H,25,27). The molecule has 0 aromatic heterocycles. The zero-order valence-electron chi connectivity index (χ0n) is 15.7. The fourth-order valence-electron chi connectivity index (χ4n) is 3.06. The second kappa shape index (κ2) is 7.87. The minimum atomic E-state index is -0.210. The van der Waals surface area contributed by atoms with E-state index in [2.05, 4.69) is 10.6 Å². The molecule has 3 aromatic carbocycles. The lowest BCUT2D eigenvalue weighted by Crippen LogP contribution is -2.15. The highest BCUT2D eigenvalue weighted by molar-refractivity contribution is 6.07. The molecule has 2 amide bonds. The number of anilines is 2. The molecule has 3 aromatic rings. The molecule has 136 valence electrons. The molecule has 2 N–H and O–H groups in total. The highest BCUT2D eigenvalue weighted by atomic mass is 16.2. The monoisotopic (exact) mass is 358 g/mol. The first-order valence-electron chi connectivity index (χ1n) is 8.79. The molecule has 0 fully saturated rings. The molecule has 0 bridgehead atoms. The van der Waals surface area contributed by atoms with Gasteiger partial charge < -0.3 is 10.6 Å². The van der Waals surface area contributed by atoms with Gasteiger partial charge >= 0.3 is 0 Å². The van der Waals surface area contributed by atoms with E-state index in [-0.39, 0.29) is 11.8 Å². The Morgan fingerprint density at radius 3 is 1.67 bits per heavy atom. The lowest BCUT2D eigenvalue weighted by atomic mass is 10.0. The first-order valence-corrected chi connectivity index (χ1v) is 8.79. The number of rotatable bonds is 4. The molecule has 3 rings (SSSR count). The van der Waals surface area contributed by atoms with E-state index >= 15 is 0 Å². The van der Waals surface area contributed by atoms with Gasteiger partial charge in [-0.2, -0.15) is 0 Å². The third-order valence-electron chi connectivity index (χ3n) is 4.36. The van der Waals surface area contributed by atoms with Crippen LogP contribution in [0.2, 0.25) is 0 Å². The smallest absolute Gasteiger partial charge is 0.255 e. The maximum Gasteiger partial charge on any atom is 0.255 e. The highest BCUT2D eigenvalue weighted by Gasteiger charge is 2.12. The normalized spacial score (nSPS) is 10.3. The summed E-state index contributed by atoms with van der Waals surface area (Å²) in [6.45, 7) is 5.99. The zero-order chi connectivity index (χ0) is 19.4. The topological polar surface area (TPSA) is 58.2 Å². The Hall–Kier alpha value is -3.40. The summed E-state index contributed by atoms with van der Waals surface area (Å²) < 4.78 is 0. The van der Waals surface area contributed by atoms with E-state index in [0.717, 1.165) is 28.1 Å². The molecule has 0 aliphatic carbocycles. The molecular weight excluding hydrogens is 336 g/mol. The van der Waals surface area contributed by atoms with E-state index in [1.54, 1.807) is 24.3 Å². The molecule has 0 radical (unpaired) electrons. The number of carbonyl (C=O) groups is 2. The van der Waals surface area contributed by atoms with Crippen LogP contribution in [0.15, 0.2) is 66.7 Å². The van der Waals surface area contributed by atoms with Gasteiger partial charge in [0.05, 0.1) is 0 Å². The van der Waals surface area contributed by atoms with Gasteiger partial charge in [-0.1, -0.05) is 35.9 Å². The van der Waals surface area contributed by atoms with Gasteiger partial charge in [0.25, 0.3) is 11.8 Å². The third kappa shape index (κ3) is 4.42. The number of hydrogen-bond donors (Lipinski definition) is 2. The fraction of sp³-hybridized carbons (Fsp3) is 0.130. The van der Waals surface area contributed by atoms with Crippen molar-refractivity contribution in [2.45, 2.75) is 20.8 Å². The van der Waals surface area contributed by atoms with E-state index in [0.29, 0.717) is 11.1 Å². The summed E-state index contributed by atoms with van der Waals surface area (Å²) in [4.78, 5) is 24.9. The van der Waals surface area contributed by atoms with Gasteiger partial charge in [0.2, 0.25) is 0 Å². The van der Waals surface area contributed by atoms with E-state index in [9.17, 15) is 9.59 Å². The number of carbonyl (C=O) groups excluding carboxylic acids is 2. The van der Waals surface area contributed by atoms with Crippen LogP contribution in [0.5, 0.6) is 0 Å². The molecule has 0 heterocycles. The van der Waals surface area contributed by atoms with E-state index in [4.69, 9.17) is 0 Å². The van der Waals surface area contributed by atoms with Crippen molar-refractivity contribution >= 4 is 23.2 Å². The number of aryl methyl sites for hydroxylation is 3. The summed E-state index contributed by atoms with van der Waals surface area (Å²) in [5.41, 5.74) is 5.78. The molecule has 0 atom stereocenters. The van der Waals surface area contributed by atoms with Gasteiger partial charge in [0.1, 0.15) is 0 Å². The summed E-state index contributed by atoms with van der Waals surface area (Å²) in [5, 5.41) is 5.80. The number of nitrogens with one attached hydrogen (secondary N) is 2. The predicted octanol–water partition coefficient (Wildman–Crippen LogP) is 5.12. The van der Waals surface area contributed by atoms with Crippen molar-refractivity contribution in [3.05, 3.63) is 94.5 Å². The van der Waals surface area contributed by atoms with Crippen LogP contribution in [0.25, 0.3) is 0 Å². The van der Waals surface area contributed by atoms with Gasteiger partial charge in [0.15, 0.2) is 0 Å². The molecule has 0 spiro atoms. The van der Waals surface area contributed by atoms with Gasteiger partial charge in [0, 0.05) is 22.5 Å². The van der Waals surface area contributed by atoms with Crippen molar-refractivity contribution in [1.82, 2.24) is 0 Å². The average molecular weight is 358 g/mol. The molecule has 0 saturated carbocycles. The first kappa shape index (κ1) is 18.4. The largest absolute Gasteiger partial charge is 0.322 e. The van der Waals surface area contributed by atoms with Gasteiger partial charge in [-0.15, -0.1) is 0 Å². The van der Waals surface area contributed by atoms with Crippen molar-refractivity contribution in [3.8, 4) is 0 Å². The summed E-state index contributed by atoms with van der Waals surface area (Å²) in [6, 6.07) is 20.0. The molecular formula is C23H22N2O2. The van der Waals surface area contributed by atoms with Crippen molar-refractivity contribution in [3.63, 3.8) is 0 Å². The van der Waals surface area contributed by atoms with Gasteiger partial charge in [-0.05, 0) is 68.3 Å². The van der Waals surface area contributed by atoms with Crippen LogP contribution in [-0.2, 0) is 0 Å². The lowest BCUT2D eigenvalue weighted by molar-refractivity contribution is 0.101. The molecule has 0 unspecified atom stereocenters. The Balaban J connectivity index is 1.71. The molecule has 0 saturated heterocycles. The second-order valence-electron chi connectivity index (χ2n) is 6.63. The Morgan fingerprint density at radius 1 is 0.667 bits per heavy atom.